The number of thiophene rings is 1. The maximum Gasteiger partial charge on any atom is 0.312 e. The minimum Gasteiger partial charge on any atom is -0.496 e. The number of benzene rings is 1. The van der Waals surface area contributed by atoms with Crippen LogP contribution in [0.15, 0.2) is 36.4 Å². The Morgan fingerprint density at radius 3 is 2.62 bits per heavy atom. The summed E-state index contributed by atoms with van der Waals surface area (Å²) in [5.41, 5.74) is 2.53. The number of aryl methyl sites for hydroxylation is 2. The number of aromatic nitrogens is 2. The van der Waals surface area contributed by atoms with Gasteiger partial charge in [-0.25, -0.2) is 0 Å². The molecule has 3 rings (SSSR count). The number of nitrogens with zero attached hydrogens (tertiary/aromatic N) is 3. The van der Waals surface area contributed by atoms with Crippen molar-refractivity contribution in [3.8, 4) is 5.75 Å². The fourth-order valence-corrected chi connectivity index (χ4v) is 3.90. The zero-order chi connectivity index (χ0) is 21.1. The Morgan fingerprint density at radius 1 is 1.28 bits per heavy atom. The van der Waals surface area contributed by atoms with Crippen molar-refractivity contribution in [2.24, 2.45) is 0 Å². The minimum atomic E-state index is -0.414. The lowest BCUT2D eigenvalue weighted by molar-refractivity contribution is -0.386. The average molecular weight is 411 g/mol. The topological polar surface area (TPSA) is 87.3 Å². The number of ether oxygens (including phenoxy) is 1. The first-order valence-electron chi connectivity index (χ1n) is 8.94. The van der Waals surface area contributed by atoms with Crippen LogP contribution in [0.25, 0.3) is 6.08 Å². The summed E-state index contributed by atoms with van der Waals surface area (Å²) >= 11 is 1.46. The fraction of sp³-hybridized carbons (Fsp3) is 0.238. The predicted molar refractivity (Wildman–Crippen MR) is 113 cm³/mol. The number of ketones is 1. The third-order valence-corrected chi connectivity index (χ3v) is 5.58. The number of nitro groups is 1. The molecule has 8 heteroatoms. The predicted octanol–water partition coefficient (Wildman–Crippen LogP) is 4.73. The van der Waals surface area contributed by atoms with E-state index in [4.69, 9.17) is 4.74 Å². The van der Waals surface area contributed by atoms with E-state index in [0.717, 1.165) is 16.0 Å². The highest BCUT2D eigenvalue weighted by molar-refractivity contribution is 7.14. The Balaban J connectivity index is 1.88. The van der Waals surface area contributed by atoms with Crippen molar-refractivity contribution in [2.45, 2.75) is 27.3 Å². The van der Waals surface area contributed by atoms with Crippen LogP contribution in [-0.4, -0.2) is 27.6 Å². The number of allylic oxidation sites excluding steroid dienone is 1. The molecule has 0 saturated heterocycles. The van der Waals surface area contributed by atoms with Crippen LogP contribution in [0.3, 0.4) is 0 Å². The molecule has 0 amide bonds. The summed E-state index contributed by atoms with van der Waals surface area (Å²) in [7, 11) is 1.57. The highest BCUT2D eigenvalue weighted by atomic mass is 32.1. The molecular weight excluding hydrogens is 390 g/mol. The summed E-state index contributed by atoms with van der Waals surface area (Å²) in [5, 5.41) is 15.5. The third kappa shape index (κ3) is 4.43. The molecule has 0 radical (unpaired) electrons. The van der Waals surface area contributed by atoms with Gasteiger partial charge in [0.1, 0.15) is 17.1 Å². The molecule has 0 unspecified atom stereocenters. The molecule has 2 aromatic heterocycles. The molecule has 2 heterocycles. The van der Waals surface area contributed by atoms with Gasteiger partial charge in [0.05, 0.1) is 23.5 Å². The second-order valence-corrected chi connectivity index (χ2v) is 7.90. The second kappa shape index (κ2) is 8.40. The highest BCUT2D eigenvalue weighted by Crippen LogP contribution is 2.26. The summed E-state index contributed by atoms with van der Waals surface area (Å²) in [6, 6.07) is 9.31. The van der Waals surface area contributed by atoms with E-state index in [2.05, 4.69) is 5.10 Å². The molecule has 29 heavy (non-hydrogen) atoms. The molecule has 1 aromatic carbocycles. The molecule has 0 aliphatic heterocycles. The number of rotatable bonds is 7. The molecule has 0 spiro atoms. The highest BCUT2D eigenvalue weighted by Gasteiger charge is 2.22. The number of methoxy groups -OCH3 is 1. The van der Waals surface area contributed by atoms with Crippen LogP contribution in [0.1, 0.15) is 37.1 Å². The van der Waals surface area contributed by atoms with E-state index in [-0.39, 0.29) is 11.5 Å². The van der Waals surface area contributed by atoms with Gasteiger partial charge < -0.3 is 4.74 Å². The second-order valence-electron chi connectivity index (χ2n) is 6.61. The molecule has 0 bridgehead atoms. The van der Waals surface area contributed by atoms with Crippen LogP contribution < -0.4 is 4.74 Å². The van der Waals surface area contributed by atoms with Crippen LogP contribution in [0.2, 0.25) is 0 Å². The van der Waals surface area contributed by atoms with Crippen molar-refractivity contribution in [2.75, 3.05) is 7.11 Å². The lowest BCUT2D eigenvalue weighted by Gasteiger charge is -2.10. The SMILES string of the molecule is COc1ccc(/C=C/C(=O)c2ccc(C)s2)cc1Cn1nc(C)c([N+](=O)[O-])c1C. The Kier molecular flexibility index (Phi) is 5.93. The Hall–Kier alpha value is -3.26. The molecule has 0 saturated carbocycles. The summed E-state index contributed by atoms with van der Waals surface area (Å²) in [4.78, 5) is 24.9. The summed E-state index contributed by atoms with van der Waals surface area (Å²) < 4.78 is 7.03. The van der Waals surface area contributed by atoms with Crippen molar-refractivity contribution >= 4 is 28.9 Å². The molecule has 7 nitrogen and oxygen atoms in total. The van der Waals surface area contributed by atoms with Gasteiger partial charge in [0.2, 0.25) is 0 Å². The van der Waals surface area contributed by atoms with Crippen LogP contribution in [0, 0.1) is 30.9 Å². The molecule has 0 N–H and O–H groups in total. The summed E-state index contributed by atoms with van der Waals surface area (Å²) in [6.07, 6.45) is 3.30. The number of carbonyl (C=O) groups excluding carboxylic acids is 1. The normalized spacial score (nSPS) is 11.2. The zero-order valence-corrected chi connectivity index (χ0v) is 17.4. The Labute approximate surface area is 172 Å². The van der Waals surface area contributed by atoms with E-state index in [1.54, 1.807) is 37.8 Å². The van der Waals surface area contributed by atoms with E-state index in [1.807, 2.05) is 37.3 Å². The van der Waals surface area contributed by atoms with Crippen molar-refractivity contribution in [1.29, 1.82) is 0 Å². The molecular formula is C21H21N3O4S. The van der Waals surface area contributed by atoms with Crippen molar-refractivity contribution in [1.82, 2.24) is 9.78 Å². The van der Waals surface area contributed by atoms with Gasteiger partial charge >= 0.3 is 5.69 Å². The lowest BCUT2D eigenvalue weighted by Crippen LogP contribution is -2.06. The summed E-state index contributed by atoms with van der Waals surface area (Å²) in [5.74, 6) is 0.604. The Morgan fingerprint density at radius 2 is 2.03 bits per heavy atom. The van der Waals surface area contributed by atoms with Gasteiger partial charge in [-0.3, -0.25) is 19.6 Å². The van der Waals surface area contributed by atoms with Crippen molar-refractivity contribution in [3.05, 3.63) is 78.8 Å². The lowest BCUT2D eigenvalue weighted by atomic mass is 10.1. The van der Waals surface area contributed by atoms with Gasteiger partial charge in [0.25, 0.3) is 0 Å². The molecule has 0 aliphatic rings. The van der Waals surface area contributed by atoms with Crippen LogP contribution in [0.4, 0.5) is 5.69 Å². The maximum atomic E-state index is 12.3. The van der Waals surface area contributed by atoms with Gasteiger partial charge in [0, 0.05) is 10.4 Å². The Bertz CT molecular complexity index is 1110. The first-order valence-corrected chi connectivity index (χ1v) is 9.76. The maximum absolute atomic E-state index is 12.3. The molecule has 0 fully saturated rings. The third-order valence-electron chi connectivity index (χ3n) is 4.56. The van der Waals surface area contributed by atoms with E-state index in [9.17, 15) is 14.9 Å². The number of hydrogen-bond acceptors (Lipinski definition) is 6. The van der Waals surface area contributed by atoms with Crippen LogP contribution >= 0.6 is 11.3 Å². The molecule has 0 atom stereocenters. The van der Waals surface area contributed by atoms with E-state index in [1.165, 1.54) is 11.3 Å². The van der Waals surface area contributed by atoms with Gasteiger partial charge in [-0.15, -0.1) is 11.3 Å². The quantitative estimate of drug-likeness (QED) is 0.243. The standard InChI is InChI=1S/C21H21N3O4S/c1-13-5-10-20(29-13)18(25)8-6-16-7-9-19(28-4)17(11-16)12-23-15(3)21(24(26)27)14(2)22-23/h5-11H,12H2,1-4H3/b8-6+. The first kappa shape index (κ1) is 20.5. The first-order chi connectivity index (χ1) is 13.8. The van der Waals surface area contributed by atoms with Crippen molar-refractivity contribution in [3.63, 3.8) is 0 Å². The van der Waals surface area contributed by atoms with Gasteiger partial charge in [-0.05, 0) is 56.7 Å². The van der Waals surface area contributed by atoms with Gasteiger partial charge in [-0.1, -0.05) is 12.1 Å². The van der Waals surface area contributed by atoms with E-state index >= 15 is 0 Å². The minimum absolute atomic E-state index is 0.0249. The average Bonchev–Trinajstić information content (AvgIpc) is 3.23. The number of hydrogen-bond donors (Lipinski definition) is 0. The van der Waals surface area contributed by atoms with E-state index < -0.39 is 4.92 Å². The van der Waals surface area contributed by atoms with Crippen molar-refractivity contribution < 1.29 is 14.5 Å². The smallest absolute Gasteiger partial charge is 0.312 e. The molecule has 0 aliphatic carbocycles. The van der Waals surface area contributed by atoms with Gasteiger partial charge in [-0.2, -0.15) is 5.10 Å². The largest absolute Gasteiger partial charge is 0.496 e. The zero-order valence-electron chi connectivity index (χ0n) is 16.6. The fourth-order valence-electron chi connectivity index (χ4n) is 3.11. The van der Waals surface area contributed by atoms with Crippen LogP contribution in [0.5, 0.6) is 5.75 Å². The monoisotopic (exact) mass is 411 g/mol. The van der Waals surface area contributed by atoms with Gasteiger partial charge in [0.15, 0.2) is 5.78 Å². The summed E-state index contributed by atoms with van der Waals surface area (Å²) in [6.45, 7) is 5.58. The number of carbonyl (C=O) groups is 1. The van der Waals surface area contributed by atoms with E-state index in [0.29, 0.717) is 28.6 Å². The van der Waals surface area contributed by atoms with Crippen LogP contribution in [-0.2, 0) is 6.54 Å². The molecule has 3 aromatic rings. The molecule has 150 valence electrons.